The van der Waals surface area contributed by atoms with Crippen LogP contribution in [0.2, 0.25) is 0 Å². The summed E-state index contributed by atoms with van der Waals surface area (Å²) in [7, 11) is -4.21. The van der Waals surface area contributed by atoms with E-state index in [1.807, 2.05) is 18.2 Å². The molecule has 1 aliphatic rings. The number of nitrogens with zero attached hydrogens (tertiary/aromatic N) is 2. The Kier molecular flexibility index (Phi) is 6.20. The van der Waals surface area contributed by atoms with Crippen LogP contribution in [0.25, 0.3) is 0 Å². The summed E-state index contributed by atoms with van der Waals surface area (Å²) in [6, 6.07) is 18.2. The number of piperazine rings is 1. The average Bonchev–Trinajstić information content (AvgIpc) is 2.81. The van der Waals surface area contributed by atoms with Crippen LogP contribution in [0.1, 0.15) is 10.4 Å². The predicted octanol–water partition coefficient (Wildman–Crippen LogP) is 3.90. The zero-order valence-corrected chi connectivity index (χ0v) is 17.8. The minimum Gasteiger partial charge on any atom is -0.457 e. The third kappa shape index (κ3) is 4.63. The first-order chi connectivity index (χ1) is 15.3. The van der Waals surface area contributed by atoms with Gasteiger partial charge in [0.25, 0.3) is 5.91 Å². The molecule has 1 heterocycles. The first-order valence-electron chi connectivity index (χ1n) is 9.92. The lowest BCUT2D eigenvalue weighted by Gasteiger charge is -2.34. The molecule has 9 heteroatoms. The Bertz CT molecular complexity index is 1230. The SMILES string of the molecule is O=C(c1cccc(Oc2ccccc2)c1)N1CCN(S(=O)(=O)c2cc(F)ccc2F)CC1. The first-order valence-corrected chi connectivity index (χ1v) is 11.4. The summed E-state index contributed by atoms with van der Waals surface area (Å²) < 4.78 is 59.7. The van der Waals surface area contributed by atoms with E-state index in [2.05, 4.69) is 0 Å². The van der Waals surface area contributed by atoms with Crippen LogP contribution in [-0.4, -0.2) is 49.7 Å². The Balaban J connectivity index is 1.44. The van der Waals surface area contributed by atoms with E-state index < -0.39 is 26.6 Å². The summed E-state index contributed by atoms with van der Waals surface area (Å²) in [5.41, 5.74) is 0.408. The number of carbonyl (C=O) groups excluding carboxylic acids is 1. The highest BCUT2D eigenvalue weighted by Crippen LogP contribution is 2.24. The normalized spacial score (nSPS) is 14.9. The van der Waals surface area contributed by atoms with Gasteiger partial charge in [0.1, 0.15) is 28.0 Å². The van der Waals surface area contributed by atoms with Crippen LogP contribution in [-0.2, 0) is 10.0 Å². The molecule has 0 spiro atoms. The molecule has 166 valence electrons. The lowest BCUT2D eigenvalue weighted by atomic mass is 10.1. The van der Waals surface area contributed by atoms with Crippen LogP contribution in [0.3, 0.4) is 0 Å². The number of carbonyl (C=O) groups is 1. The number of hydrogen-bond donors (Lipinski definition) is 0. The van der Waals surface area contributed by atoms with Gasteiger partial charge < -0.3 is 9.64 Å². The van der Waals surface area contributed by atoms with E-state index in [0.717, 1.165) is 16.4 Å². The molecule has 3 aromatic rings. The molecule has 6 nitrogen and oxygen atoms in total. The second-order valence-corrected chi connectivity index (χ2v) is 9.12. The summed E-state index contributed by atoms with van der Waals surface area (Å²) in [5.74, 6) is -0.973. The average molecular weight is 458 g/mol. The van der Waals surface area contributed by atoms with E-state index >= 15 is 0 Å². The molecule has 3 aromatic carbocycles. The van der Waals surface area contributed by atoms with Crippen molar-refractivity contribution in [3.05, 3.63) is 90.0 Å². The van der Waals surface area contributed by atoms with Gasteiger partial charge in [-0.2, -0.15) is 4.31 Å². The number of rotatable bonds is 5. The van der Waals surface area contributed by atoms with Gasteiger partial charge in [-0.25, -0.2) is 17.2 Å². The van der Waals surface area contributed by atoms with Gasteiger partial charge in [0.2, 0.25) is 10.0 Å². The second-order valence-electron chi connectivity index (χ2n) is 7.21. The molecule has 0 saturated carbocycles. The monoisotopic (exact) mass is 458 g/mol. The number of halogens is 2. The molecule has 0 atom stereocenters. The Morgan fingerprint density at radius 2 is 1.50 bits per heavy atom. The third-order valence-corrected chi connectivity index (χ3v) is 7.01. The van der Waals surface area contributed by atoms with E-state index in [1.54, 1.807) is 36.4 Å². The second kappa shape index (κ2) is 9.05. The van der Waals surface area contributed by atoms with Crippen molar-refractivity contribution in [1.29, 1.82) is 0 Å². The number of ether oxygens (including phenoxy) is 1. The molecule has 1 amide bonds. The van der Waals surface area contributed by atoms with Crippen molar-refractivity contribution in [2.45, 2.75) is 4.90 Å². The van der Waals surface area contributed by atoms with Crippen LogP contribution >= 0.6 is 0 Å². The Morgan fingerprint density at radius 3 is 2.22 bits per heavy atom. The number of para-hydroxylation sites is 1. The minimum absolute atomic E-state index is 0.0236. The number of sulfonamides is 1. The Hall–Kier alpha value is -3.30. The van der Waals surface area contributed by atoms with Crippen molar-refractivity contribution >= 4 is 15.9 Å². The van der Waals surface area contributed by atoms with Gasteiger partial charge in [0.05, 0.1) is 0 Å². The molecule has 1 saturated heterocycles. The fourth-order valence-corrected chi connectivity index (χ4v) is 4.94. The highest BCUT2D eigenvalue weighted by atomic mass is 32.2. The van der Waals surface area contributed by atoms with E-state index in [9.17, 15) is 22.0 Å². The van der Waals surface area contributed by atoms with Gasteiger partial charge in [-0.15, -0.1) is 0 Å². The van der Waals surface area contributed by atoms with Crippen molar-refractivity contribution in [1.82, 2.24) is 9.21 Å². The quantitative estimate of drug-likeness (QED) is 0.582. The number of amides is 1. The zero-order valence-electron chi connectivity index (χ0n) is 16.9. The number of benzene rings is 3. The highest BCUT2D eigenvalue weighted by Gasteiger charge is 2.32. The molecule has 0 aromatic heterocycles. The van der Waals surface area contributed by atoms with Crippen molar-refractivity contribution in [2.75, 3.05) is 26.2 Å². The van der Waals surface area contributed by atoms with Gasteiger partial charge in [0, 0.05) is 31.7 Å². The van der Waals surface area contributed by atoms with E-state index in [4.69, 9.17) is 4.74 Å². The molecule has 0 radical (unpaired) electrons. The van der Waals surface area contributed by atoms with Crippen LogP contribution in [0.4, 0.5) is 8.78 Å². The largest absolute Gasteiger partial charge is 0.457 e. The minimum atomic E-state index is -4.21. The zero-order chi connectivity index (χ0) is 22.7. The molecule has 0 bridgehead atoms. The van der Waals surface area contributed by atoms with E-state index in [1.165, 1.54) is 4.90 Å². The molecular weight excluding hydrogens is 438 g/mol. The van der Waals surface area contributed by atoms with Crippen LogP contribution in [0, 0.1) is 11.6 Å². The summed E-state index contributed by atoms with van der Waals surface area (Å²) >= 11 is 0. The Labute approximate surface area is 184 Å². The van der Waals surface area contributed by atoms with Crippen molar-refractivity contribution in [2.24, 2.45) is 0 Å². The lowest BCUT2D eigenvalue weighted by Crippen LogP contribution is -2.50. The molecular formula is C23H20F2N2O4S. The van der Waals surface area contributed by atoms with Crippen LogP contribution < -0.4 is 4.74 Å². The fourth-order valence-electron chi connectivity index (χ4n) is 3.45. The van der Waals surface area contributed by atoms with Gasteiger partial charge in [-0.3, -0.25) is 4.79 Å². The molecule has 0 N–H and O–H groups in total. The standard InChI is InChI=1S/C23H20F2N2O4S/c24-18-9-10-21(25)22(16-18)32(29,30)27-13-11-26(12-14-27)23(28)17-5-4-8-20(15-17)31-19-6-2-1-3-7-19/h1-10,15-16H,11-14H2. The first kappa shape index (κ1) is 21.9. The maximum absolute atomic E-state index is 14.0. The van der Waals surface area contributed by atoms with Crippen molar-refractivity contribution in [3.8, 4) is 11.5 Å². The number of hydrogen-bond acceptors (Lipinski definition) is 4. The summed E-state index contributed by atoms with van der Waals surface area (Å²) in [6.07, 6.45) is 0. The summed E-state index contributed by atoms with van der Waals surface area (Å²) in [6.45, 7) is 0.200. The van der Waals surface area contributed by atoms with Gasteiger partial charge in [-0.05, 0) is 48.5 Å². The predicted molar refractivity (Wildman–Crippen MR) is 114 cm³/mol. The van der Waals surface area contributed by atoms with Crippen molar-refractivity contribution in [3.63, 3.8) is 0 Å². The highest BCUT2D eigenvalue weighted by molar-refractivity contribution is 7.89. The summed E-state index contributed by atoms with van der Waals surface area (Å²) in [4.78, 5) is 13.7. The maximum atomic E-state index is 14.0. The van der Waals surface area contributed by atoms with Crippen LogP contribution in [0.15, 0.2) is 77.7 Å². The molecule has 4 rings (SSSR count). The molecule has 0 unspecified atom stereocenters. The molecule has 1 aliphatic heterocycles. The van der Waals surface area contributed by atoms with Crippen molar-refractivity contribution < 1.29 is 26.7 Å². The van der Waals surface area contributed by atoms with Gasteiger partial charge >= 0.3 is 0 Å². The van der Waals surface area contributed by atoms with Gasteiger partial charge in [0.15, 0.2) is 0 Å². The Morgan fingerprint density at radius 1 is 0.812 bits per heavy atom. The molecule has 32 heavy (non-hydrogen) atoms. The topological polar surface area (TPSA) is 66.9 Å². The lowest BCUT2D eigenvalue weighted by molar-refractivity contribution is 0.0697. The van der Waals surface area contributed by atoms with Crippen LogP contribution in [0.5, 0.6) is 11.5 Å². The van der Waals surface area contributed by atoms with E-state index in [0.29, 0.717) is 23.1 Å². The molecule has 1 fully saturated rings. The third-order valence-electron chi connectivity index (χ3n) is 5.10. The smallest absolute Gasteiger partial charge is 0.254 e. The van der Waals surface area contributed by atoms with Gasteiger partial charge in [-0.1, -0.05) is 24.3 Å². The maximum Gasteiger partial charge on any atom is 0.254 e. The molecule has 0 aliphatic carbocycles. The van der Waals surface area contributed by atoms with E-state index in [-0.39, 0.29) is 32.1 Å². The summed E-state index contributed by atoms with van der Waals surface area (Å²) in [5, 5.41) is 0. The fraction of sp³-hybridized carbons (Fsp3) is 0.174.